The van der Waals surface area contributed by atoms with E-state index < -0.39 is 69.5 Å². The number of rotatable bonds is 16. The first-order valence-corrected chi connectivity index (χ1v) is 41.1. The number of fused-ring (bicyclic) bond motifs is 1. The first-order valence-electron chi connectivity index (χ1n) is 39.0. The summed E-state index contributed by atoms with van der Waals surface area (Å²) in [5.74, 6) is 0.233. The molecule has 5 aliphatic heterocycles. The Balaban J connectivity index is 0.000000220. The smallest absolute Gasteiger partial charge is 0.464 e. The minimum Gasteiger partial charge on any atom is -0.464 e. The Kier molecular flexibility index (Phi) is 35.2. The number of amides is 5. The van der Waals surface area contributed by atoms with Crippen LogP contribution in [0.2, 0.25) is 5.15 Å². The van der Waals surface area contributed by atoms with Crippen LogP contribution in [0.4, 0.5) is 42.4 Å². The molecule has 0 bridgehead atoms. The standard InChI is InChI=1S/C28H38BN5O7.C15H24N4O5S.C15H22N4O4.C14H22N4O3.C6H5ClN2O2/c1-17(2)24(32-25(35)21-8-7-19-15-40-29(38)23(19)18(21)3)26(36)39-16-20-13-30-14-22(31-20)33-9-11-34(12-10-33)27(37)41-28(4,5)6;1-15(2,3)24-14(20)19-7-5-18(6-8-19)13-10-16-9-12(17-13)11-23-25(4,21)22;1-15(2,3)23-14(21)19-7-5-18(6-8-19)12-10-16-9-11(17-12)13(20)22-4;1-14(2,3)21-13(20)18-6-4-17(5-7-18)12-9-15-8-11(10-19)16-12;1-11-6(10)4-2-8-3-5(7)9-4/h7-8,13-14,17,24,38H,9-12,15-16H2,1-6H3,(H,32,35);9-10H,5-8,11H2,1-4H3;9-10H,5-8H2,1-4H3;8-9,19H,4-7,10H2,1-3H3;2-3H,1H3/t24-;;;;/m0..../s1. The number of nitrogens with one attached hydrogen (secondary N) is 1. The molecule has 3 N–H and O–H groups in total. The van der Waals surface area contributed by atoms with E-state index in [1.54, 1.807) is 69.6 Å². The van der Waals surface area contributed by atoms with E-state index in [0.717, 1.165) is 17.6 Å². The number of aromatic nitrogens is 10. The minimum absolute atomic E-state index is 0.111. The fraction of sp³-hybridized carbons (Fsp3) is 0.564. The van der Waals surface area contributed by atoms with E-state index in [2.05, 4.69) is 64.6 Å². The van der Waals surface area contributed by atoms with Crippen molar-refractivity contribution in [2.75, 3.05) is 145 Å². The molecule has 0 radical (unpaired) electrons. The quantitative estimate of drug-likeness (QED) is 0.0444. The van der Waals surface area contributed by atoms with Gasteiger partial charge < -0.3 is 92.5 Å². The van der Waals surface area contributed by atoms with Crippen molar-refractivity contribution in [2.45, 2.75) is 159 Å². The summed E-state index contributed by atoms with van der Waals surface area (Å²) in [5.41, 5.74) is 2.05. The molecule has 0 unspecified atom stereocenters. The van der Waals surface area contributed by atoms with Crippen molar-refractivity contribution in [3.05, 3.63) is 124 Å². The van der Waals surface area contributed by atoms with Gasteiger partial charge in [-0.3, -0.25) is 33.9 Å². The van der Waals surface area contributed by atoms with Crippen LogP contribution < -0.4 is 30.4 Å². The number of hydrogen-bond donors (Lipinski definition) is 3. The summed E-state index contributed by atoms with van der Waals surface area (Å²) in [7, 11) is -2.04. The largest absolute Gasteiger partial charge is 0.492 e. The topological polar surface area (TPSA) is 461 Å². The van der Waals surface area contributed by atoms with Gasteiger partial charge >= 0.3 is 49.4 Å². The molecule has 0 aliphatic carbocycles. The van der Waals surface area contributed by atoms with E-state index in [-0.39, 0.29) is 73.3 Å². The molecule has 43 heteroatoms. The normalized spacial score (nSPS) is 15.2. The van der Waals surface area contributed by atoms with E-state index in [1.807, 2.05) is 117 Å². The number of nitrogens with zero attached hydrogens (tertiary/aromatic N) is 18. The monoisotopic (exact) mass is 1730 g/mol. The first kappa shape index (κ1) is 97.1. The highest BCUT2D eigenvalue weighted by Gasteiger charge is 2.36. The molecule has 0 saturated carbocycles. The number of methoxy groups -OCH3 is 2. The zero-order valence-electron chi connectivity index (χ0n) is 71.8. The first-order chi connectivity index (χ1) is 56.8. The third-order valence-corrected chi connectivity index (χ3v) is 18.4. The number of aliphatic hydroxyl groups excluding tert-OH is 1. The van der Waals surface area contributed by atoms with Gasteiger partial charge in [0, 0.05) is 110 Å². The van der Waals surface area contributed by atoms with Crippen LogP contribution >= 0.6 is 11.6 Å². The number of benzene rings is 1. The van der Waals surface area contributed by atoms with Crippen LogP contribution in [0, 0.1) is 12.8 Å². The van der Waals surface area contributed by atoms with Crippen molar-refractivity contribution in [1.82, 2.24) is 74.8 Å². The van der Waals surface area contributed by atoms with E-state index >= 15 is 0 Å². The molecule has 121 heavy (non-hydrogen) atoms. The summed E-state index contributed by atoms with van der Waals surface area (Å²) in [6.07, 6.45) is 14.8. The molecule has 5 amide bonds. The van der Waals surface area contributed by atoms with Crippen molar-refractivity contribution in [3.8, 4) is 0 Å². The summed E-state index contributed by atoms with van der Waals surface area (Å²) in [6, 6.07) is 2.52. The average molecular weight is 1730 g/mol. The summed E-state index contributed by atoms with van der Waals surface area (Å²) >= 11 is 5.46. The molecule has 6 aromatic rings. The van der Waals surface area contributed by atoms with Crippen LogP contribution in [-0.2, 0) is 83.3 Å². The fourth-order valence-corrected chi connectivity index (χ4v) is 12.2. The molecule has 1 aromatic carbocycles. The highest BCUT2D eigenvalue weighted by atomic mass is 35.5. The minimum atomic E-state index is -3.53. The van der Waals surface area contributed by atoms with Gasteiger partial charge in [-0.15, -0.1) is 0 Å². The lowest BCUT2D eigenvalue weighted by atomic mass is 9.75. The molecule has 4 fully saturated rings. The number of ether oxygens (including phenoxy) is 7. The molecular formula is C78H111BClN19O21S. The molecule has 1 atom stereocenters. The van der Waals surface area contributed by atoms with Crippen LogP contribution in [0.3, 0.4) is 0 Å². The second-order valence-electron chi connectivity index (χ2n) is 32.3. The molecule has 4 saturated heterocycles. The predicted octanol–water partition coefficient (Wildman–Crippen LogP) is 5.83. The lowest BCUT2D eigenvalue weighted by molar-refractivity contribution is -0.148. The van der Waals surface area contributed by atoms with Gasteiger partial charge in [0.15, 0.2) is 11.4 Å². The van der Waals surface area contributed by atoms with E-state index in [0.29, 0.717) is 156 Å². The zero-order chi connectivity index (χ0) is 89.3. The summed E-state index contributed by atoms with van der Waals surface area (Å²) in [5, 5.41) is 22.2. The lowest BCUT2D eigenvalue weighted by Gasteiger charge is -2.36. The van der Waals surface area contributed by atoms with Crippen molar-refractivity contribution in [2.24, 2.45) is 5.92 Å². The van der Waals surface area contributed by atoms with Gasteiger partial charge in [0.1, 0.15) is 70.1 Å². The Labute approximate surface area is 709 Å². The summed E-state index contributed by atoms with van der Waals surface area (Å²) in [4.78, 5) is 153. The van der Waals surface area contributed by atoms with E-state index in [1.165, 1.54) is 45.2 Å². The van der Waals surface area contributed by atoms with Crippen molar-refractivity contribution in [1.29, 1.82) is 0 Å². The number of halogens is 1. The predicted molar refractivity (Wildman–Crippen MR) is 443 cm³/mol. The Morgan fingerprint density at radius 3 is 1.21 bits per heavy atom. The van der Waals surface area contributed by atoms with Gasteiger partial charge in [0.25, 0.3) is 16.0 Å². The number of piperazine rings is 4. The van der Waals surface area contributed by atoms with Crippen molar-refractivity contribution >= 4 is 106 Å². The van der Waals surface area contributed by atoms with E-state index in [4.69, 9.17) is 49.2 Å². The number of anilines is 4. The van der Waals surface area contributed by atoms with Gasteiger partial charge in [-0.2, -0.15) is 8.42 Å². The van der Waals surface area contributed by atoms with Gasteiger partial charge in [-0.05, 0) is 119 Å². The highest BCUT2D eigenvalue weighted by Crippen LogP contribution is 2.24. The number of carbonyl (C=O) groups is 8. The number of aliphatic hydroxyl groups is 1. The second-order valence-corrected chi connectivity index (χ2v) is 34.3. The molecular weight excluding hydrogens is 1620 g/mol. The summed E-state index contributed by atoms with van der Waals surface area (Å²) in [6.45, 7) is 36.4. The fourth-order valence-electron chi connectivity index (χ4n) is 11.8. The third kappa shape index (κ3) is 31.8. The molecule has 40 nitrogen and oxygen atoms in total. The van der Waals surface area contributed by atoms with Crippen LogP contribution in [-0.4, -0.2) is 297 Å². The molecule has 5 aromatic heterocycles. The van der Waals surface area contributed by atoms with Crippen molar-refractivity contribution < 1.29 is 98.9 Å². The SMILES string of the molecule is CC(C)(C)OC(=O)N1CCN(c2cncc(CO)n2)CC1.CC(C)(C)OC(=O)N1CCN(c2cncc(COS(C)(=O)=O)n2)CC1.COC(=O)c1cncc(Cl)n1.COC(=O)c1cncc(N2CCN(C(=O)OC(C)(C)C)CC2)n1.Cc1c(C(=O)N[C@H](C(=O)OCc2cncc(N3CCN(C(=O)OC(C)(C)C)CC3)n2)C(C)C)ccc2c1B(O)OC2. The zero-order valence-corrected chi connectivity index (χ0v) is 73.4. The van der Waals surface area contributed by atoms with Gasteiger partial charge in [0.05, 0.1) is 113 Å². The maximum atomic E-state index is 13.1. The highest BCUT2D eigenvalue weighted by molar-refractivity contribution is 7.85. The van der Waals surface area contributed by atoms with Crippen molar-refractivity contribution in [3.63, 3.8) is 0 Å². The molecule has 10 heterocycles. The van der Waals surface area contributed by atoms with Crippen LogP contribution in [0.5, 0.6) is 0 Å². The second kappa shape index (κ2) is 43.9. The Bertz CT molecular complexity index is 4620. The molecule has 5 aliphatic rings. The number of esters is 3. The lowest BCUT2D eigenvalue weighted by Crippen LogP contribution is -2.50. The third-order valence-electron chi connectivity index (χ3n) is 17.7. The number of carbonyl (C=O) groups excluding carboxylic acids is 8. The Morgan fingerprint density at radius 1 is 0.504 bits per heavy atom. The molecule has 660 valence electrons. The average Bonchev–Trinajstić information content (AvgIpc) is 1.66. The molecule has 11 rings (SSSR count). The van der Waals surface area contributed by atoms with E-state index in [9.17, 15) is 51.8 Å². The molecule has 0 spiro atoms. The van der Waals surface area contributed by atoms with Gasteiger partial charge in [0.2, 0.25) is 0 Å². The summed E-state index contributed by atoms with van der Waals surface area (Å²) < 4.78 is 68.2. The Morgan fingerprint density at radius 2 is 0.851 bits per heavy atom. The van der Waals surface area contributed by atoms with Gasteiger partial charge in [-0.25, -0.2) is 58.5 Å². The maximum Gasteiger partial charge on any atom is 0.492 e. The van der Waals surface area contributed by atoms with Crippen LogP contribution in [0.25, 0.3) is 0 Å². The Hall–Kier alpha value is -11.1. The number of hydrogen-bond acceptors (Lipinski definition) is 35. The van der Waals surface area contributed by atoms with Crippen LogP contribution in [0.15, 0.2) is 74.1 Å². The maximum absolute atomic E-state index is 13.1. The van der Waals surface area contributed by atoms with Gasteiger partial charge in [-0.1, -0.05) is 31.5 Å². The van der Waals surface area contributed by atoms with Crippen LogP contribution in [0.1, 0.15) is 156 Å².